The predicted octanol–water partition coefficient (Wildman–Crippen LogP) is 6.17. The fourth-order valence-electron chi connectivity index (χ4n) is 3.68. The Kier molecular flexibility index (Phi) is 8.94. The van der Waals surface area contributed by atoms with Crippen molar-refractivity contribution in [3.05, 3.63) is 94.1 Å². The first-order chi connectivity index (χ1) is 17.1. The average Bonchev–Trinajstić information content (AvgIpc) is 2.86. The van der Waals surface area contributed by atoms with Crippen LogP contribution >= 0.6 is 11.6 Å². The number of carbonyl (C=O) groups is 1. The number of nitrogens with zero attached hydrogens (tertiary/aromatic N) is 2. The molecule has 3 rings (SSSR count). The third-order valence-corrected chi connectivity index (χ3v) is 6.03. The van der Waals surface area contributed by atoms with Gasteiger partial charge < -0.3 is 10.1 Å². The molecule has 188 valence electrons. The zero-order valence-corrected chi connectivity index (χ0v) is 20.5. The van der Waals surface area contributed by atoms with Crippen LogP contribution < -0.4 is 10.1 Å². The smallest absolute Gasteiger partial charge is 0.417 e. The minimum absolute atomic E-state index is 0.00429. The van der Waals surface area contributed by atoms with Gasteiger partial charge in [-0.3, -0.25) is 4.79 Å². The molecule has 0 aliphatic rings. The number of hydrogen-bond acceptors (Lipinski definition) is 4. The first kappa shape index (κ1) is 27.0. The van der Waals surface area contributed by atoms with Crippen molar-refractivity contribution in [3.63, 3.8) is 0 Å². The highest BCUT2D eigenvalue weighted by Crippen LogP contribution is 2.29. The number of alkyl halides is 3. The summed E-state index contributed by atoms with van der Waals surface area (Å²) in [5, 5.41) is 13.0. The van der Waals surface area contributed by atoms with Gasteiger partial charge in [-0.2, -0.15) is 18.4 Å². The number of ether oxygens (including phenoxy) is 1. The number of rotatable bonds is 9. The maximum Gasteiger partial charge on any atom is 0.417 e. The third kappa shape index (κ3) is 7.46. The minimum atomic E-state index is -4.48. The van der Waals surface area contributed by atoms with Crippen LogP contribution in [0.5, 0.6) is 5.88 Å². The lowest BCUT2D eigenvalue weighted by Crippen LogP contribution is -2.42. The van der Waals surface area contributed by atoms with Gasteiger partial charge in [0, 0.05) is 29.2 Å². The summed E-state index contributed by atoms with van der Waals surface area (Å²) in [4.78, 5) is 16.6. The second kappa shape index (κ2) is 11.9. The van der Waals surface area contributed by atoms with Crippen molar-refractivity contribution < 1.29 is 22.7 Å². The summed E-state index contributed by atoms with van der Waals surface area (Å²) in [7, 11) is 0. The van der Waals surface area contributed by atoms with Crippen molar-refractivity contribution in [2.45, 2.75) is 38.4 Å². The molecule has 0 aliphatic carbocycles. The van der Waals surface area contributed by atoms with Crippen LogP contribution in [-0.4, -0.2) is 23.5 Å². The molecule has 9 heteroatoms. The molecular formula is C27H25ClF3N3O2. The topological polar surface area (TPSA) is 75.0 Å². The standard InChI is InChI=1S/C27H25ClF3N3O2/c1-17(16-36-25-11-8-22(15-33-25)27(29,30)31)26(35)34-18(2)24(13-19-6-9-23(28)10-7-19)21-5-3-4-20(12-21)14-32/h3-12,15,17-18,24H,13,16H2,1-2H3,(H,34,35)/t17?,18-,24+/m0/s1. The largest absolute Gasteiger partial charge is 0.477 e. The highest BCUT2D eigenvalue weighted by Gasteiger charge is 2.31. The van der Waals surface area contributed by atoms with Gasteiger partial charge in [0.2, 0.25) is 11.8 Å². The SMILES string of the molecule is CC(COc1ccc(C(F)(F)F)cn1)C(=O)N[C@@H](C)[C@@H](Cc1ccc(Cl)cc1)c1cccc(C#N)c1. The number of halogens is 4. The van der Waals surface area contributed by atoms with E-state index in [1.54, 1.807) is 25.1 Å². The van der Waals surface area contributed by atoms with Crippen LogP contribution in [0.15, 0.2) is 66.9 Å². The Hall–Kier alpha value is -3.57. The maximum absolute atomic E-state index is 12.9. The number of nitrogens with one attached hydrogen (secondary N) is 1. The molecule has 0 bridgehead atoms. The van der Waals surface area contributed by atoms with E-state index in [1.165, 1.54) is 0 Å². The number of amides is 1. The van der Waals surface area contributed by atoms with Crippen molar-refractivity contribution in [1.82, 2.24) is 10.3 Å². The normalized spacial score (nSPS) is 13.8. The van der Waals surface area contributed by atoms with Gasteiger partial charge in [0.1, 0.15) is 6.61 Å². The van der Waals surface area contributed by atoms with Crippen molar-refractivity contribution in [2.24, 2.45) is 5.92 Å². The van der Waals surface area contributed by atoms with Gasteiger partial charge in [-0.05, 0) is 54.8 Å². The quantitative estimate of drug-likeness (QED) is 0.370. The summed E-state index contributed by atoms with van der Waals surface area (Å²) in [6.45, 7) is 3.50. The van der Waals surface area contributed by atoms with Gasteiger partial charge in [-0.15, -0.1) is 0 Å². The van der Waals surface area contributed by atoms with Crippen molar-refractivity contribution in [3.8, 4) is 11.9 Å². The molecule has 0 radical (unpaired) electrons. The molecule has 1 aromatic heterocycles. The lowest BCUT2D eigenvalue weighted by molar-refractivity contribution is -0.137. The van der Waals surface area contributed by atoms with Crippen LogP contribution in [-0.2, 0) is 17.4 Å². The molecule has 1 heterocycles. The molecule has 3 aromatic rings. The Bertz CT molecular complexity index is 1210. The second-order valence-electron chi connectivity index (χ2n) is 8.57. The Balaban J connectivity index is 1.67. The lowest BCUT2D eigenvalue weighted by Gasteiger charge is -2.27. The lowest BCUT2D eigenvalue weighted by atomic mass is 9.85. The van der Waals surface area contributed by atoms with Gasteiger partial charge in [-0.1, -0.05) is 42.8 Å². The van der Waals surface area contributed by atoms with E-state index in [0.717, 1.165) is 23.3 Å². The van der Waals surface area contributed by atoms with Gasteiger partial charge >= 0.3 is 6.18 Å². The average molecular weight is 516 g/mol. The van der Waals surface area contributed by atoms with Gasteiger partial charge in [0.05, 0.1) is 23.1 Å². The Morgan fingerprint density at radius 2 is 1.86 bits per heavy atom. The molecule has 1 amide bonds. The first-order valence-electron chi connectivity index (χ1n) is 11.3. The molecule has 5 nitrogen and oxygen atoms in total. The van der Waals surface area contributed by atoms with E-state index in [4.69, 9.17) is 16.3 Å². The van der Waals surface area contributed by atoms with E-state index in [9.17, 15) is 23.2 Å². The molecule has 3 atom stereocenters. The summed E-state index contributed by atoms with van der Waals surface area (Å²) in [6, 6.07) is 18.6. The Morgan fingerprint density at radius 1 is 1.14 bits per heavy atom. The van der Waals surface area contributed by atoms with Crippen LogP contribution in [0.4, 0.5) is 13.2 Å². The molecule has 2 aromatic carbocycles. The molecule has 0 spiro atoms. The zero-order valence-electron chi connectivity index (χ0n) is 19.7. The van der Waals surface area contributed by atoms with E-state index < -0.39 is 17.7 Å². The molecule has 0 fully saturated rings. The van der Waals surface area contributed by atoms with Crippen LogP contribution in [0.1, 0.15) is 42.0 Å². The number of aromatic nitrogens is 1. The summed E-state index contributed by atoms with van der Waals surface area (Å²) >= 11 is 6.01. The van der Waals surface area contributed by atoms with E-state index in [0.29, 0.717) is 23.2 Å². The Morgan fingerprint density at radius 3 is 2.47 bits per heavy atom. The van der Waals surface area contributed by atoms with Gasteiger partial charge in [-0.25, -0.2) is 4.98 Å². The van der Waals surface area contributed by atoms with Crippen molar-refractivity contribution >= 4 is 17.5 Å². The maximum atomic E-state index is 12.9. The minimum Gasteiger partial charge on any atom is -0.477 e. The summed E-state index contributed by atoms with van der Waals surface area (Å²) in [5.41, 5.74) is 1.59. The van der Waals surface area contributed by atoms with E-state index in [-0.39, 0.29) is 30.4 Å². The molecule has 0 saturated heterocycles. The fourth-order valence-corrected chi connectivity index (χ4v) is 3.81. The molecule has 1 N–H and O–H groups in total. The molecule has 0 saturated carbocycles. The number of benzene rings is 2. The first-order valence-corrected chi connectivity index (χ1v) is 11.7. The zero-order chi connectivity index (χ0) is 26.3. The Labute approximate surface area is 212 Å². The predicted molar refractivity (Wildman–Crippen MR) is 131 cm³/mol. The summed E-state index contributed by atoms with van der Waals surface area (Å²) in [5.74, 6) is -0.983. The van der Waals surface area contributed by atoms with Crippen LogP contribution in [0.3, 0.4) is 0 Å². The number of carbonyl (C=O) groups excluding carboxylic acids is 1. The number of pyridine rings is 1. The van der Waals surface area contributed by atoms with Crippen LogP contribution in [0.25, 0.3) is 0 Å². The van der Waals surface area contributed by atoms with Crippen LogP contribution in [0.2, 0.25) is 5.02 Å². The van der Waals surface area contributed by atoms with Crippen molar-refractivity contribution in [2.75, 3.05) is 6.61 Å². The molecule has 0 aliphatic heterocycles. The van der Waals surface area contributed by atoms with Gasteiger partial charge in [0.25, 0.3) is 0 Å². The molecular weight excluding hydrogens is 491 g/mol. The highest BCUT2D eigenvalue weighted by atomic mass is 35.5. The summed E-state index contributed by atoms with van der Waals surface area (Å²) in [6.07, 6.45) is -3.18. The van der Waals surface area contributed by atoms with E-state index in [2.05, 4.69) is 16.4 Å². The fraction of sp³-hybridized carbons (Fsp3) is 0.296. The third-order valence-electron chi connectivity index (χ3n) is 5.78. The highest BCUT2D eigenvalue weighted by molar-refractivity contribution is 6.30. The number of hydrogen-bond donors (Lipinski definition) is 1. The molecule has 1 unspecified atom stereocenters. The summed E-state index contributed by atoms with van der Waals surface area (Å²) < 4.78 is 43.5. The second-order valence-corrected chi connectivity index (χ2v) is 9.00. The van der Waals surface area contributed by atoms with Crippen molar-refractivity contribution in [1.29, 1.82) is 5.26 Å². The monoisotopic (exact) mass is 515 g/mol. The van der Waals surface area contributed by atoms with E-state index in [1.807, 2.05) is 37.3 Å². The van der Waals surface area contributed by atoms with E-state index >= 15 is 0 Å². The molecule has 36 heavy (non-hydrogen) atoms. The van der Waals surface area contributed by atoms with Gasteiger partial charge in [0.15, 0.2) is 0 Å². The number of nitriles is 1. The van der Waals surface area contributed by atoms with Crippen LogP contribution in [0, 0.1) is 17.2 Å².